The van der Waals surface area contributed by atoms with Crippen molar-refractivity contribution < 1.29 is 31.9 Å². The molecule has 8 heteroatoms. The Bertz CT molecular complexity index is 914. The molecule has 1 aromatic carbocycles. The standard InChI is InChI=1S/C26H34F5NO2/c1-23(2,3)12-11-19(16-24(4,5)6)32-14-13-25(27,28)20(15-21(33)34)22(32)17-7-9-18(10-8-17)26(29,30)31/h7-10,19-20,22H,13-16H2,1-6H3,(H,33,34)/t19-,20-,22-/m1/s1. The summed E-state index contributed by atoms with van der Waals surface area (Å²) in [5.74, 6) is 0.135. The van der Waals surface area contributed by atoms with E-state index in [1.807, 2.05) is 41.5 Å². The van der Waals surface area contributed by atoms with Crippen LogP contribution in [0.2, 0.25) is 0 Å². The molecule has 0 saturated carbocycles. The first-order chi connectivity index (χ1) is 15.3. The maximum atomic E-state index is 15.1. The van der Waals surface area contributed by atoms with Crippen LogP contribution in [0.15, 0.2) is 24.3 Å². The van der Waals surface area contributed by atoms with Gasteiger partial charge >= 0.3 is 12.1 Å². The van der Waals surface area contributed by atoms with Crippen LogP contribution in [0.3, 0.4) is 0 Å². The summed E-state index contributed by atoms with van der Waals surface area (Å²) in [6.45, 7) is 11.7. The number of likely N-dealkylation sites (tertiary alicyclic amines) is 1. The Kier molecular flexibility index (Phi) is 8.14. The first-order valence-corrected chi connectivity index (χ1v) is 11.4. The van der Waals surface area contributed by atoms with Crippen molar-refractivity contribution >= 4 is 5.97 Å². The van der Waals surface area contributed by atoms with Gasteiger partial charge in [0.2, 0.25) is 0 Å². The summed E-state index contributed by atoms with van der Waals surface area (Å²) in [6, 6.07) is 2.52. The van der Waals surface area contributed by atoms with Gasteiger partial charge in [-0.15, -0.1) is 0 Å². The summed E-state index contributed by atoms with van der Waals surface area (Å²) in [6.07, 6.45) is -5.38. The second-order valence-electron chi connectivity index (χ2n) is 11.3. The van der Waals surface area contributed by atoms with Crippen LogP contribution in [0.5, 0.6) is 0 Å². The zero-order valence-corrected chi connectivity index (χ0v) is 20.6. The molecule has 0 amide bonds. The third kappa shape index (κ3) is 7.69. The van der Waals surface area contributed by atoms with E-state index in [9.17, 15) is 23.1 Å². The molecule has 0 unspecified atom stereocenters. The number of nitrogens with zero attached hydrogens (tertiary/aromatic N) is 1. The van der Waals surface area contributed by atoms with Gasteiger partial charge in [-0.1, -0.05) is 44.7 Å². The van der Waals surface area contributed by atoms with E-state index in [1.54, 1.807) is 4.90 Å². The van der Waals surface area contributed by atoms with Gasteiger partial charge in [0, 0.05) is 24.4 Å². The molecule has 1 saturated heterocycles. The van der Waals surface area contributed by atoms with E-state index in [4.69, 9.17) is 0 Å². The van der Waals surface area contributed by atoms with Crippen molar-refractivity contribution in [1.29, 1.82) is 0 Å². The van der Waals surface area contributed by atoms with E-state index in [-0.39, 0.29) is 22.9 Å². The number of aliphatic carboxylic acids is 1. The monoisotopic (exact) mass is 487 g/mol. The average Bonchev–Trinajstić information content (AvgIpc) is 2.64. The minimum atomic E-state index is -4.57. The third-order valence-electron chi connectivity index (χ3n) is 5.78. The minimum absolute atomic E-state index is 0.0472. The summed E-state index contributed by atoms with van der Waals surface area (Å²) in [4.78, 5) is 13.3. The molecule has 1 heterocycles. The molecule has 3 atom stereocenters. The Hall–Kier alpha value is -2.14. The number of carbonyl (C=O) groups is 1. The van der Waals surface area contributed by atoms with Crippen molar-refractivity contribution in [2.24, 2.45) is 16.7 Å². The molecule has 34 heavy (non-hydrogen) atoms. The van der Waals surface area contributed by atoms with Gasteiger partial charge in [-0.3, -0.25) is 9.69 Å². The molecular weight excluding hydrogens is 453 g/mol. The van der Waals surface area contributed by atoms with Crippen molar-refractivity contribution in [3.8, 4) is 11.8 Å². The van der Waals surface area contributed by atoms with Crippen LogP contribution < -0.4 is 0 Å². The minimum Gasteiger partial charge on any atom is -0.481 e. The number of carboxylic acid groups (broad SMARTS) is 1. The molecule has 190 valence electrons. The zero-order valence-electron chi connectivity index (χ0n) is 20.6. The Balaban J connectivity index is 2.65. The highest BCUT2D eigenvalue weighted by atomic mass is 19.4. The van der Waals surface area contributed by atoms with Crippen molar-refractivity contribution in [3.05, 3.63) is 35.4 Å². The molecular formula is C26H34F5NO2. The lowest BCUT2D eigenvalue weighted by Crippen LogP contribution is -2.53. The molecule has 1 N–H and O–H groups in total. The molecule has 0 aromatic heterocycles. The normalized spacial score (nSPS) is 22.6. The van der Waals surface area contributed by atoms with Crippen molar-refractivity contribution in [2.45, 2.75) is 85.0 Å². The van der Waals surface area contributed by atoms with Gasteiger partial charge in [0.25, 0.3) is 5.92 Å². The van der Waals surface area contributed by atoms with E-state index >= 15 is 8.78 Å². The number of benzene rings is 1. The number of rotatable bonds is 5. The second-order valence-corrected chi connectivity index (χ2v) is 11.3. The van der Waals surface area contributed by atoms with Gasteiger partial charge in [-0.25, -0.2) is 8.78 Å². The topological polar surface area (TPSA) is 40.5 Å². The molecule has 1 fully saturated rings. The molecule has 0 spiro atoms. The van der Waals surface area contributed by atoms with E-state index < -0.39 is 54.5 Å². The predicted molar refractivity (Wildman–Crippen MR) is 121 cm³/mol. The molecule has 1 aliphatic rings. The quantitative estimate of drug-likeness (QED) is 0.358. The molecule has 0 bridgehead atoms. The maximum Gasteiger partial charge on any atom is 0.416 e. The van der Waals surface area contributed by atoms with Crippen molar-refractivity contribution in [1.82, 2.24) is 4.90 Å². The van der Waals surface area contributed by atoms with E-state index in [2.05, 4.69) is 11.8 Å². The number of hydrogen-bond acceptors (Lipinski definition) is 2. The Morgan fingerprint density at radius 3 is 2.12 bits per heavy atom. The third-order valence-corrected chi connectivity index (χ3v) is 5.78. The predicted octanol–water partition coefficient (Wildman–Crippen LogP) is 7.03. The number of hydrogen-bond donors (Lipinski definition) is 1. The van der Waals surface area contributed by atoms with E-state index in [0.717, 1.165) is 12.1 Å². The highest BCUT2D eigenvalue weighted by Gasteiger charge is 2.52. The van der Waals surface area contributed by atoms with Gasteiger partial charge in [0.1, 0.15) is 0 Å². The van der Waals surface area contributed by atoms with Crippen molar-refractivity contribution in [3.63, 3.8) is 0 Å². The van der Waals surface area contributed by atoms with Crippen LogP contribution in [0.4, 0.5) is 22.0 Å². The Morgan fingerprint density at radius 2 is 1.68 bits per heavy atom. The second kappa shape index (κ2) is 9.85. The highest BCUT2D eigenvalue weighted by Crippen LogP contribution is 2.48. The number of alkyl halides is 5. The SMILES string of the molecule is CC(C)(C)C#C[C@H](CC(C)(C)C)N1CCC(F)(F)[C@H](CC(=O)O)[C@H]1c1ccc(C(F)(F)F)cc1. The van der Waals surface area contributed by atoms with Crippen LogP contribution in [0.25, 0.3) is 0 Å². The summed E-state index contributed by atoms with van der Waals surface area (Å²) in [5.41, 5.74) is -1.22. The summed E-state index contributed by atoms with van der Waals surface area (Å²) >= 11 is 0. The summed E-state index contributed by atoms with van der Waals surface area (Å²) in [5, 5.41) is 9.41. The van der Waals surface area contributed by atoms with Gasteiger partial charge in [-0.05, 0) is 50.3 Å². The van der Waals surface area contributed by atoms with E-state index in [1.165, 1.54) is 12.1 Å². The van der Waals surface area contributed by atoms with Crippen LogP contribution in [0.1, 0.15) is 78.0 Å². The van der Waals surface area contributed by atoms with Crippen molar-refractivity contribution in [2.75, 3.05) is 6.54 Å². The van der Waals surface area contributed by atoms with Crippen LogP contribution in [-0.2, 0) is 11.0 Å². The van der Waals surface area contributed by atoms with Gasteiger partial charge in [0.15, 0.2) is 0 Å². The van der Waals surface area contributed by atoms with Crippen LogP contribution in [0, 0.1) is 28.6 Å². The molecule has 3 nitrogen and oxygen atoms in total. The average molecular weight is 488 g/mol. The van der Waals surface area contributed by atoms with Crippen LogP contribution >= 0.6 is 0 Å². The fraction of sp³-hybridized carbons (Fsp3) is 0.654. The Morgan fingerprint density at radius 1 is 1.12 bits per heavy atom. The molecule has 0 aliphatic carbocycles. The molecule has 1 aliphatic heterocycles. The molecule has 0 radical (unpaired) electrons. The maximum absolute atomic E-state index is 15.1. The van der Waals surface area contributed by atoms with Crippen LogP contribution in [-0.4, -0.2) is 34.5 Å². The fourth-order valence-electron chi connectivity index (χ4n) is 4.29. The molecule has 2 rings (SSSR count). The zero-order chi connectivity index (χ0) is 26.1. The number of carboxylic acids is 1. The van der Waals surface area contributed by atoms with Gasteiger partial charge in [0.05, 0.1) is 23.9 Å². The lowest BCUT2D eigenvalue weighted by Gasteiger charge is -2.48. The fourth-order valence-corrected chi connectivity index (χ4v) is 4.29. The number of halogens is 5. The first-order valence-electron chi connectivity index (χ1n) is 11.4. The lowest BCUT2D eigenvalue weighted by atomic mass is 9.77. The highest BCUT2D eigenvalue weighted by molar-refractivity contribution is 5.67. The Labute approximate surface area is 198 Å². The first kappa shape index (κ1) is 28.1. The lowest BCUT2D eigenvalue weighted by molar-refractivity contribution is -0.161. The summed E-state index contributed by atoms with van der Waals surface area (Å²) < 4.78 is 69.5. The number of piperidine rings is 1. The summed E-state index contributed by atoms with van der Waals surface area (Å²) in [7, 11) is 0. The van der Waals surface area contributed by atoms with Gasteiger partial charge in [-0.2, -0.15) is 13.2 Å². The van der Waals surface area contributed by atoms with E-state index in [0.29, 0.717) is 6.42 Å². The molecule has 1 aromatic rings. The smallest absolute Gasteiger partial charge is 0.416 e. The largest absolute Gasteiger partial charge is 0.481 e. The van der Waals surface area contributed by atoms with Gasteiger partial charge < -0.3 is 5.11 Å².